The van der Waals surface area contributed by atoms with E-state index in [1.807, 2.05) is 6.92 Å². The fourth-order valence-electron chi connectivity index (χ4n) is 4.67. The fourth-order valence-corrected chi connectivity index (χ4v) is 4.85. The van der Waals surface area contributed by atoms with Crippen molar-refractivity contribution in [1.82, 2.24) is 25.1 Å². The molecule has 0 bridgehead atoms. The van der Waals surface area contributed by atoms with Gasteiger partial charge in [-0.3, -0.25) is 5.10 Å². The molecule has 2 aliphatic rings. The van der Waals surface area contributed by atoms with Crippen molar-refractivity contribution in [2.75, 3.05) is 30.3 Å². The van der Waals surface area contributed by atoms with Gasteiger partial charge in [0.05, 0.1) is 31.1 Å². The van der Waals surface area contributed by atoms with E-state index in [0.717, 1.165) is 32.1 Å². The highest BCUT2D eigenvalue weighted by Gasteiger charge is 2.47. The Balaban J connectivity index is 1.44. The Morgan fingerprint density at radius 1 is 1.35 bits per heavy atom. The molecule has 5 rings (SSSR count). The first-order valence-corrected chi connectivity index (χ1v) is 11.3. The van der Waals surface area contributed by atoms with Gasteiger partial charge in [0.15, 0.2) is 23.0 Å². The number of fused-ring (bicyclic) bond motifs is 1. The molecule has 6 N–H and O–H groups in total. The molecule has 2 fully saturated rings. The van der Waals surface area contributed by atoms with Crippen LogP contribution in [0.1, 0.15) is 36.7 Å². The minimum absolute atomic E-state index is 0.00310. The number of aliphatic hydroxyl groups excluding tert-OH is 1. The molecule has 34 heavy (non-hydrogen) atoms. The second kappa shape index (κ2) is 8.63. The number of rotatable bonds is 2. The van der Waals surface area contributed by atoms with Gasteiger partial charge in [-0.15, -0.1) is 0 Å². The van der Waals surface area contributed by atoms with Gasteiger partial charge in [0.1, 0.15) is 22.1 Å². The summed E-state index contributed by atoms with van der Waals surface area (Å²) in [6.07, 6.45) is 2.73. The van der Waals surface area contributed by atoms with Crippen LogP contribution in [0.25, 0.3) is 11.2 Å². The molecule has 2 saturated heterocycles. The number of H-pyrrole nitrogens is 1. The zero-order valence-corrected chi connectivity index (χ0v) is 19.2. The maximum atomic E-state index is 14.1. The second-order valence-electron chi connectivity index (χ2n) is 8.74. The number of ether oxygens (including phenoxy) is 1. The van der Waals surface area contributed by atoms with Crippen molar-refractivity contribution in [1.29, 1.82) is 0 Å². The van der Waals surface area contributed by atoms with Crippen LogP contribution in [0.2, 0.25) is 5.02 Å². The van der Waals surface area contributed by atoms with Crippen molar-refractivity contribution < 1.29 is 14.2 Å². The van der Waals surface area contributed by atoms with Crippen LogP contribution in [0.3, 0.4) is 0 Å². The lowest BCUT2D eigenvalue weighted by molar-refractivity contribution is 0.0973. The van der Waals surface area contributed by atoms with Gasteiger partial charge in [0, 0.05) is 24.5 Å². The molecule has 2 aliphatic heterocycles. The molecule has 5 heterocycles. The average Bonchev–Trinajstić information content (AvgIpc) is 3.37. The fraction of sp³-hybridized carbons (Fsp3) is 0.455. The standard InChI is InChI=1S/C22H24ClFN8O2/c1-11-18(25)22(10-34-11)4-6-32(7-5-22)21-15(9-33)28-17-14(30-31-20(17)29-21)3-2-12-13(24)8-27-19(26)16(12)23/h8,11,18,33H,4-7,9-10,25H2,1H3,(H2,26,27)(H,29,30,31)/t11-,18+/m0/s1. The number of anilines is 2. The molecule has 0 amide bonds. The molecule has 10 nitrogen and oxygen atoms in total. The quantitative estimate of drug-likeness (QED) is 0.393. The average molecular weight is 487 g/mol. The third-order valence-corrected chi connectivity index (χ3v) is 7.19. The van der Waals surface area contributed by atoms with Gasteiger partial charge in [-0.05, 0) is 25.7 Å². The number of pyridine rings is 1. The van der Waals surface area contributed by atoms with Crippen molar-refractivity contribution in [3.63, 3.8) is 0 Å². The summed E-state index contributed by atoms with van der Waals surface area (Å²) < 4.78 is 19.9. The summed E-state index contributed by atoms with van der Waals surface area (Å²) >= 11 is 6.03. The number of nitrogen functional groups attached to an aromatic ring is 1. The Morgan fingerprint density at radius 2 is 2.12 bits per heavy atom. The zero-order valence-electron chi connectivity index (χ0n) is 18.5. The number of halogens is 2. The SMILES string of the molecule is C[C@@H]1OCC2(CCN(c3nc4[nH]nc(C#Cc5c(F)cnc(N)c5Cl)c4nc3CO)CC2)[C@@H]1N. The van der Waals surface area contributed by atoms with Crippen molar-refractivity contribution in [3.05, 3.63) is 34.0 Å². The highest BCUT2D eigenvalue weighted by Crippen LogP contribution is 2.42. The van der Waals surface area contributed by atoms with Gasteiger partial charge >= 0.3 is 0 Å². The highest BCUT2D eigenvalue weighted by molar-refractivity contribution is 6.33. The molecule has 12 heteroatoms. The van der Waals surface area contributed by atoms with Crippen LogP contribution in [-0.4, -0.2) is 62.1 Å². The number of aliphatic hydroxyl groups is 1. The number of aromatic nitrogens is 5. The Labute approximate surface area is 199 Å². The van der Waals surface area contributed by atoms with E-state index in [4.69, 9.17) is 27.8 Å². The monoisotopic (exact) mass is 486 g/mol. The van der Waals surface area contributed by atoms with Crippen LogP contribution in [0.4, 0.5) is 16.0 Å². The molecule has 0 saturated carbocycles. The molecule has 3 aromatic heterocycles. The normalized spacial score (nSPS) is 21.7. The summed E-state index contributed by atoms with van der Waals surface area (Å²) in [5, 5.41) is 16.9. The van der Waals surface area contributed by atoms with Crippen LogP contribution in [-0.2, 0) is 11.3 Å². The summed E-state index contributed by atoms with van der Waals surface area (Å²) in [5.41, 5.74) is 13.4. The summed E-state index contributed by atoms with van der Waals surface area (Å²) in [5.74, 6) is 5.28. The summed E-state index contributed by atoms with van der Waals surface area (Å²) in [7, 11) is 0. The largest absolute Gasteiger partial charge is 0.390 e. The number of nitrogens with zero attached hydrogens (tertiary/aromatic N) is 5. The third kappa shape index (κ3) is 3.73. The Kier molecular flexibility index (Phi) is 5.77. The zero-order chi connectivity index (χ0) is 24.0. The van der Waals surface area contributed by atoms with Crippen LogP contribution < -0.4 is 16.4 Å². The Hall–Kier alpha value is -3.04. The molecule has 0 aromatic carbocycles. The molecule has 0 unspecified atom stereocenters. The number of aromatic amines is 1. The maximum absolute atomic E-state index is 14.1. The summed E-state index contributed by atoms with van der Waals surface area (Å²) in [6, 6.07) is 0.00310. The Bertz CT molecular complexity index is 1310. The van der Waals surface area contributed by atoms with Gasteiger partial charge in [0.25, 0.3) is 0 Å². The van der Waals surface area contributed by atoms with Gasteiger partial charge in [-0.2, -0.15) is 5.10 Å². The minimum atomic E-state index is -0.694. The molecular weight excluding hydrogens is 463 g/mol. The summed E-state index contributed by atoms with van der Waals surface area (Å²) in [6.45, 7) is 3.81. The smallest absolute Gasteiger partial charge is 0.177 e. The van der Waals surface area contributed by atoms with E-state index in [2.05, 4.69) is 41.9 Å². The first-order chi connectivity index (χ1) is 16.3. The first-order valence-electron chi connectivity index (χ1n) is 10.9. The van der Waals surface area contributed by atoms with Crippen LogP contribution in [0, 0.1) is 23.1 Å². The van der Waals surface area contributed by atoms with Crippen molar-refractivity contribution in [2.24, 2.45) is 11.1 Å². The predicted octanol–water partition coefficient (Wildman–Crippen LogP) is 1.35. The van der Waals surface area contributed by atoms with E-state index in [1.54, 1.807) is 0 Å². The lowest BCUT2D eigenvalue weighted by Gasteiger charge is -2.41. The van der Waals surface area contributed by atoms with E-state index < -0.39 is 5.82 Å². The summed E-state index contributed by atoms with van der Waals surface area (Å²) in [4.78, 5) is 15.0. The van der Waals surface area contributed by atoms with Crippen molar-refractivity contribution in [3.8, 4) is 11.8 Å². The van der Waals surface area contributed by atoms with E-state index in [9.17, 15) is 9.50 Å². The van der Waals surface area contributed by atoms with E-state index in [-0.39, 0.29) is 46.3 Å². The van der Waals surface area contributed by atoms with Gasteiger partial charge in [0.2, 0.25) is 0 Å². The van der Waals surface area contributed by atoms with Crippen LogP contribution >= 0.6 is 11.6 Å². The molecular formula is C22H24ClFN8O2. The lowest BCUT2D eigenvalue weighted by Crippen LogP contribution is -2.51. The molecule has 0 aliphatic carbocycles. The number of piperidine rings is 1. The van der Waals surface area contributed by atoms with Crippen LogP contribution in [0.5, 0.6) is 0 Å². The number of nitrogens with one attached hydrogen (secondary N) is 1. The predicted molar refractivity (Wildman–Crippen MR) is 124 cm³/mol. The van der Waals surface area contributed by atoms with Crippen molar-refractivity contribution >= 4 is 34.4 Å². The van der Waals surface area contributed by atoms with Gasteiger partial charge in [-0.1, -0.05) is 17.5 Å². The number of hydrogen-bond donors (Lipinski definition) is 4. The molecule has 178 valence electrons. The first kappa shape index (κ1) is 22.7. The molecule has 3 aromatic rings. The third-order valence-electron chi connectivity index (χ3n) is 6.81. The Morgan fingerprint density at radius 3 is 2.79 bits per heavy atom. The maximum Gasteiger partial charge on any atom is 0.177 e. The van der Waals surface area contributed by atoms with E-state index >= 15 is 0 Å². The lowest BCUT2D eigenvalue weighted by atomic mass is 9.73. The molecule has 1 spiro atoms. The number of nitrogens with two attached hydrogens (primary N) is 2. The number of hydrogen-bond acceptors (Lipinski definition) is 9. The van der Waals surface area contributed by atoms with Crippen LogP contribution in [0.15, 0.2) is 6.20 Å². The van der Waals surface area contributed by atoms with E-state index in [1.165, 1.54) is 0 Å². The topological polar surface area (TPSA) is 152 Å². The molecule has 2 atom stereocenters. The van der Waals surface area contributed by atoms with Gasteiger partial charge in [-0.25, -0.2) is 19.3 Å². The minimum Gasteiger partial charge on any atom is -0.390 e. The highest BCUT2D eigenvalue weighted by atomic mass is 35.5. The van der Waals surface area contributed by atoms with E-state index in [0.29, 0.717) is 29.3 Å². The van der Waals surface area contributed by atoms with Gasteiger partial charge < -0.3 is 26.2 Å². The second-order valence-corrected chi connectivity index (χ2v) is 9.12. The van der Waals surface area contributed by atoms with Crippen molar-refractivity contribution in [2.45, 2.75) is 38.5 Å². The molecule has 0 radical (unpaired) electrons.